The fraction of sp³-hybridized carbons (Fsp3) is 0.700. The molecule has 2 rings (SSSR count). The zero-order chi connectivity index (χ0) is 10.3. The molecule has 1 saturated heterocycles. The van der Waals surface area contributed by atoms with Gasteiger partial charge >= 0.3 is 0 Å². The Morgan fingerprint density at radius 1 is 1.50 bits per heavy atom. The van der Waals surface area contributed by atoms with Crippen molar-refractivity contribution in [1.29, 1.82) is 0 Å². The third-order valence-electron chi connectivity index (χ3n) is 2.99. The highest BCUT2D eigenvalue weighted by Crippen LogP contribution is 2.24. The van der Waals surface area contributed by atoms with Crippen LogP contribution in [-0.2, 0) is 0 Å². The number of H-pyrrole nitrogens is 1. The molecule has 14 heavy (non-hydrogen) atoms. The van der Waals surface area contributed by atoms with Gasteiger partial charge in [0.1, 0.15) is 0 Å². The maximum absolute atomic E-state index is 5.24. The van der Waals surface area contributed by atoms with Crippen LogP contribution < -0.4 is 0 Å². The summed E-state index contributed by atoms with van der Waals surface area (Å²) in [6, 6.07) is 1.23. The predicted molar refractivity (Wildman–Crippen MR) is 60.1 cm³/mol. The van der Waals surface area contributed by atoms with Gasteiger partial charge in [0.15, 0.2) is 4.77 Å². The van der Waals surface area contributed by atoms with E-state index in [0.717, 1.165) is 17.9 Å². The maximum Gasteiger partial charge on any atom is 0.177 e. The van der Waals surface area contributed by atoms with Crippen molar-refractivity contribution in [2.75, 3.05) is 13.1 Å². The van der Waals surface area contributed by atoms with E-state index in [0.29, 0.717) is 12.1 Å². The summed E-state index contributed by atoms with van der Waals surface area (Å²) in [7, 11) is 0. The van der Waals surface area contributed by atoms with Crippen molar-refractivity contribution in [1.82, 2.24) is 14.5 Å². The topological polar surface area (TPSA) is 24.0 Å². The summed E-state index contributed by atoms with van der Waals surface area (Å²) in [6.45, 7) is 8.83. The summed E-state index contributed by atoms with van der Waals surface area (Å²) in [5.74, 6) is 0. The molecule has 1 fully saturated rings. The minimum absolute atomic E-state index is 0.580. The second-order valence-corrected chi connectivity index (χ2v) is 4.69. The molecule has 0 unspecified atom stereocenters. The van der Waals surface area contributed by atoms with E-state index in [9.17, 15) is 0 Å². The van der Waals surface area contributed by atoms with E-state index in [1.165, 1.54) is 5.69 Å². The van der Waals surface area contributed by atoms with Crippen molar-refractivity contribution >= 4 is 12.2 Å². The van der Waals surface area contributed by atoms with E-state index >= 15 is 0 Å². The molecule has 3 nitrogen and oxygen atoms in total. The number of nitrogens with one attached hydrogen (secondary N) is 1. The van der Waals surface area contributed by atoms with Crippen LogP contribution in [0.2, 0.25) is 0 Å². The van der Waals surface area contributed by atoms with Gasteiger partial charge in [0, 0.05) is 31.0 Å². The van der Waals surface area contributed by atoms with Crippen LogP contribution in [0.15, 0.2) is 6.20 Å². The smallest absolute Gasteiger partial charge is 0.177 e. The Morgan fingerprint density at radius 3 is 2.57 bits per heavy atom. The molecule has 0 aromatic carbocycles. The van der Waals surface area contributed by atoms with Crippen LogP contribution in [-0.4, -0.2) is 33.6 Å². The molecule has 0 atom stereocenters. The molecule has 1 aromatic heterocycles. The molecule has 0 bridgehead atoms. The van der Waals surface area contributed by atoms with Crippen molar-refractivity contribution in [2.24, 2.45) is 0 Å². The lowest BCUT2D eigenvalue weighted by atomic mass is 10.1. The van der Waals surface area contributed by atoms with E-state index in [1.54, 1.807) is 0 Å². The van der Waals surface area contributed by atoms with Crippen molar-refractivity contribution < 1.29 is 0 Å². The molecule has 4 heteroatoms. The Labute approximate surface area is 89.7 Å². The first kappa shape index (κ1) is 9.93. The van der Waals surface area contributed by atoms with Crippen LogP contribution in [0.5, 0.6) is 0 Å². The Bertz CT molecular complexity index is 371. The predicted octanol–water partition coefficient (Wildman–Crippen LogP) is 2.12. The van der Waals surface area contributed by atoms with Gasteiger partial charge in [0.25, 0.3) is 0 Å². The van der Waals surface area contributed by atoms with Crippen molar-refractivity contribution in [3.8, 4) is 0 Å². The van der Waals surface area contributed by atoms with Gasteiger partial charge in [-0.05, 0) is 33.0 Å². The lowest BCUT2D eigenvalue weighted by molar-refractivity contribution is 0.0726. The van der Waals surface area contributed by atoms with Crippen LogP contribution in [0.25, 0.3) is 0 Å². The number of hydrogen-bond donors (Lipinski definition) is 1. The first-order chi connectivity index (χ1) is 6.59. The van der Waals surface area contributed by atoms with Gasteiger partial charge in [0.05, 0.1) is 6.04 Å². The van der Waals surface area contributed by atoms with Crippen molar-refractivity contribution in [3.05, 3.63) is 16.7 Å². The Hall–Kier alpha value is -0.610. The second-order valence-electron chi connectivity index (χ2n) is 4.31. The van der Waals surface area contributed by atoms with Gasteiger partial charge < -0.3 is 9.55 Å². The fourth-order valence-electron chi connectivity index (χ4n) is 1.99. The molecular formula is C10H17N3S. The number of hydrogen-bond acceptors (Lipinski definition) is 2. The molecule has 1 aliphatic rings. The molecule has 0 saturated carbocycles. The van der Waals surface area contributed by atoms with E-state index in [-0.39, 0.29) is 0 Å². The number of imidazole rings is 1. The van der Waals surface area contributed by atoms with Crippen LogP contribution in [0.1, 0.15) is 25.6 Å². The van der Waals surface area contributed by atoms with E-state index < -0.39 is 0 Å². The summed E-state index contributed by atoms with van der Waals surface area (Å²) < 4.78 is 3.09. The van der Waals surface area contributed by atoms with Gasteiger partial charge in [-0.1, -0.05) is 0 Å². The van der Waals surface area contributed by atoms with Crippen LogP contribution in [0.4, 0.5) is 0 Å². The Kier molecular flexibility index (Phi) is 2.49. The third kappa shape index (κ3) is 1.53. The van der Waals surface area contributed by atoms with Crippen molar-refractivity contribution in [3.63, 3.8) is 0 Å². The Balaban J connectivity index is 2.10. The van der Waals surface area contributed by atoms with Gasteiger partial charge in [0.2, 0.25) is 0 Å². The average molecular weight is 211 g/mol. The molecule has 1 N–H and O–H groups in total. The van der Waals surface area contributed by atoms with E-state index in [1.807, 2.05) is 6.20 Å². The van der Waals surface area contributed by atoms with Crippen molar-refractivity contribution in [2.45, 2.75) is 32.9 Å². The van der Waals surface area contributed by atoms with E-state index in [4.69, 9.17) is 12.2 Å². The fourth-order valence-corrected chi connectivity index (χ4v) is 2.34. The molecular weight excluding hydrogens is 194 g/mol. The standard InChI is InChI=1S/C10H17N3S/c1-7(2)12-5-9(6-12)13-8(3)4-11-10(13)14/h4,7,9H,5-6H2,1-3H3,(H,11,14). The molecule has 2 heterocycles. The normalized spacial score (nSPS) is 18.9. The van der Waals surface area contributed by atoms with Crippen LogP contribution >= 0.6 is 12.2 Å². The summed E-state index contributed by atoms with van der Waals surface area (Å²) >= 11 is 5.24. The molecule has 1 aromatic rings. The number of aromatic amines is 1. The van der Waals surface area contributed by atoms with Gasteiger partial charge in [-0.15, -0.1) is 0 Å². The van der Waals surface area contributed by atoms with Crippen LogP contribution in [0.3, 0.4) is 0 Å². The largest absolute Gasteiger partial charge is 0.337 e. The number of likely N-dealkylation sites (tertiary alicyclic amines) is 1. The first-order valence-electron chi connectivity index (χ1n) is 5.10. The highest BCUT2D eigenvalue weighted by molar-refractivity contribution is 7.71. The number of rotatable bonds is 2. The molecule has 0 spiro atoms. The zero-order valence-electron chi connectivity index (χ0n) is 8.95. The quantitative estimate of drug-likeness (QED) is 0.758. The number of aromatic nitrogens is 2. The minimum Gasteiger partial charge on any atom is -0.337 e. The first-order valence-corrected chi connectivity index (χ1v) is 5.51. The average Bonchev–Trinajstić information content (AvgIpc) is 2.32. The molecule has 0 radical (unpaired) electrons. The third-order valence-corrected chi connectivity index (χ3v) is 3.30. The SMILES string of the molecule is Cc1c[nH]c(=S)n1C1CN(C(C)C)C1. The highest BCUT2D eigenvalue weighted by atomic mass is 32.1. The van der Waals surface area contributed by atoms with E-state index in [2.05, 4.69) is 35.2 Å². The monoisotopic (exact) mass is 211 g/mol. The summed E-state index contributed by atoms with van der Waals surface area (Å²) in [5.41, 5.74) is 1.24. The molecule has 0 amide bonds. The van der Waals surface area contributed by atoms with Crippen LogP contribution in [0, 0.1) is 11.7 Å². The zero-order valence-corrected chi connectivity index (χ0v) is 9.77. The summed E-state index contributed by atoms with van der Waals surface area (Å²) in [4.78, 5) is 5.55. The summed E-state index contributed by atoms with van der Waals surface area (Å²) in [5, 5.41) is 0. The highest BCUT2D eigenvalue weighted by Gasteiger charge is 2.30. The second kappa shape index (κ2) is 3.51. The Morgan fingerprint density at radius 2 is 2.14 bits per heavy atom. The molecule has 78 valence electrons. The van der Waals surface area contributed by atoms with Gasteiger partial charge in [-0.2, -0.15) is 0 Å². The van der Waals surface area contributed by atoms with Gasteiger partial charge in [-0.3, -0.25) is 4.90 Å². The maximum atomic E-state index is 5.24. The number of aryl methyl sites for hydroxylation is 1. The van der Waals surface area contributed by atoms with Gasteiger partial charge in [-0.25, -0.2) is 0 Å². The molecule has 0 aliphatic carbocycles. The minimum atomic E-state index is 0.580. The molecule has 1 aliphatic heterocycles. The lowest BCUT2D eigenvalue weighted by Gasteiger charge is -2.43. The number of nitrogens with zero attached hydrogens (tertiary/aromatic N) is 2. The summed E-state index contributed by atoms with van der Waals surface area (Å²) in [6.07, 6.45) is 1.99. The lowest BCUT2D eigenvalue weighted by Crippen LogP contribution is -2.51.